The van der Waals surface area contributed by atoms with Crippen molar-refractivity contribution < 1.29 is 23.2 Å². The molecule has 0 radical (unpaired) electrons. The summed E-state index contributed by atoms with van der Waals surface area (Å²) < 4.78 is 39.0. The Morgan fingerprint density at radius 2 is 2.00 bits per heavy atom. The third-order valence-electron chi connectivity index (χ3n) is 3.94. The van der Waals surface area contributed by atoms with Gasteiger partial charge in [0.05, 0.1) is 20.7 Å². The summed E-state index contributed by atoms with van der Waals surface area (Å²) in [5.41, 5.74) is -0.747. The minimum absolute atomic E-state index is 0.0466. The van der Waals surface area contributed by atoms with Gasteiger partial charge in [0, 0.05) is 17.2 Å². The molecule has 0 amide bonds. The van der Waals surface area contributed by atoms with E-state index in [0.717, 1.165) is 23.5 Å². The lowest BCUT2D eigenvalue weighted by molar-refractivity contribution is -0.385. The van der Waals surface area contributed by atoms with E-state index in [1.165, 1.54) is 31.2 Å². The predicted molar refractivity (Wildman–Crippen MR) is 97.5 cm³/mol. The molecular formula is C18H10F3N3O3S. The fourth-order valence-corrected chi connectivity index (χ4v) is 3.51. The van der Waals surface area contributed by atoms with E-state index in [1.54, 1.807) is 6.07 Å². The van der Waals surface area contributed by atoms with Gasteiger partial charge in [-0.3, -0.25) is 10.1 Å². The number of halogens is 3. The number of alkyl halides is 3. The Kier molecular flexibility index (Phi) is 4.79. The summed E-state index contributed by atoms with van der Waals surface area (Å²) in [5.74, 6) is -0.462. The van der Waals surface area contributed by atoms with Crippen molar-refractivity contribution in [2.45, 2.75) is 13.1 Å². The molecule has 0 spiro atoms. The fourth-order valence-electron chi connectivity index (χ4n) is 2.56. The van der Waals surface area contributed by atoms with E-state index in [2.05, 4.69) is 4.98 Å². The van der Waals surface area contributed by atoms with E-state index in [1.807, 2.05) is 0 Å². The molecule has 3 aromatic rings. The van der Waals surface area contributed by atoms with Gasteiger partial charge < -0.3 is 5.11 Å². The van der Waals surface area contributed by atoms with E-state index in [0.29, 0.717) is 4.70 Å². The summed E-state index contributed by atoms with van der Waals surface area (Å²) >= 11 is 0.957. The number of aryl methyl sites for hydroxylation is 1. The third kappa shape index (κ3) is 3.52. The highest BCUT2D eigenvalue weighted by atomic mass is 32.1. The number of rotatable bonds is 3. The number of nitriles is 1. The van der Waals surface area contributed by atoms with Crippen LogP contribution >= 0.6 is 11.3 Å². The summed E-state index contributed by atoms with van der Waals surface area (Å²) in [6.07, 6.45) is -4.52. The number of nitro groups is 1. The van der Waals surface area contributed by atoms with Gasteiger partial charge in [0.1, 0.15) is 22.4 Å². The van der Waals surface area contributed by atoms with Crippen LogP contribution < -0.4 is 0 Å². The lowest BCUT2D eigenvalue weighted by Gasteiger charge is -2.05. The molecule has 0 unspecified atom stereocenters. The van der Waals surface area contributed by atoms with Gasteiger partial charge in [-0.05, 0) is 37.3 Å². The highest BCUT2D eigenvalue weighted by molar-refractivity contribution is 7.19. The van der Waals surface area contributed by atoms with E-state index in [-0.39, 0.29) is 32.9 Å². The minimum Gasteiger partial charge on any atom is -0.506 e. The number of aromatic nitrogens is 1. The molecule has 0 bridgehead atoms. The second kappa shape index (κ2) is 6.94. The number of hydrogen-bond acceptors (Lipinski definition) is 6. The summed E-state index contributed by atoms with van der Waals surface area (Å²) in [6, 6.07) is 8.67. The fraction of sp³-hybridized carbons (Fsp3) is 0.111. The zero-order valence-electron chi connectivity index (χ0n) is 14.1. The number of allylic oxidation sites excluding steroid dienone is 1. The van der Waals surface area contributed by atoms with Crippen LogP contribution in [0.4, 0.5) is 18.9 Å². The monoisotopic (exact) mass is 405 g/mol. The van der Waals surface area contributed by atoms with Gasteiger partial charge in [-0.1, -0.05) is 0 Å². The first-order chi connectivity index (χ1) is 13.1. The average molecular weight is 405 g/mol. The zero-order chi connectivity index (χ0) is 20.6. The maximum Gasteiger partial charge on any atom is 0.416 e. The maximum atomic E-state index is 12.9. The quantitative estimate of drug-likeness (QED) is 0.269. The third-order valence-corrected chi connectivity index (χ3v) is 5.00. The van der Waals surface area contributed by atoms with Crippen molar-refractivity contribution in [1.82, 2.24) is 4.98 Å². The molecule has 0 atom stereocenters. The molecule has 0 fully saturated rings. The number of aliphatic hydroxyl groups excluding tert-OH is 1. The van der Waals surface area contributed by atoms with Gasteiger partial charge in [0.2, 0.25) is 0 Å². The molecule has 2 aromatic carbocycles. The number of hydrogen-bond donors (Lipinski definition) is 1. The van der Waals surface area contributed by atoms with Crippen LogP contribution in [0.15, 0.2) is 36.4 Å². The van der Waals surface area contributed by atoms with E-state index in [9.17, 15) is 33.7 Å². The predicted octanol–water partition coefficient (Wildman–Crippen LogP) is 5.48. The number of aliphatic hydroxyl groups is 1. The van der Waals surface area contributed by atoms with Crippen molar-refractivity contribution >= 4 is 38.6 Å². The van der Waals surface area contributed by atoms with Crippen molar-refractivity contribution in [2.75, 3.05) is 0 Å². The topological polar surface area (TPSA) is 100 Å². The zero-order valence-corrected chi connectivity index (χ0v) is 14.9. The Balaban J connectivity index is 2.11. The van der Waals surface area contributed by atoms with Crippen LogP contribution in [-0.4, -0.2) is 15.0 Å². The second-order valence-corrected chi connectivity index (χ2v) is 6.82. The highest BCUT2D eigenvalue weighted by Gasteiger charge is 2.31. The van der Waals surface area contributed by atoms with E-state index >= 15 is 0 Å². The molecule has 1 heterocycles. The van der Waals surface area contributed by atoms with Crippen molar-refractivity contribution in [1.29, 1.82) is 5.26 Å². The molecule has 28 heavy (non-hydrogen) atoms. The average Bonchev–Trinajstić information content (AvgIpc) is 3.03. The van der Waals surface area contributed by atoms with Gasteiger partial charge in [0.15, 0.2) is 0 Å². The Morgan fingerprint density at radius 1 is 1.29 bits per heavy atom. The molecule has 0 saturated heterocycles. The molecular weight excluding hydrogens is 395 g/mol. The Bertz CT molecular complexity index is 1180. The Morgan fingerprint density at radius 3 is 2.57 bits per heavy atom. The number of nitro benzene ring substituents is 1. The molecule has 0 aliphatic rings. The van der Waals surface area contributed by atoms with Gasteiger partial charge in [-0.25, -0.2) is 4.98 Å². The number of thiazole rings is 1. The number of benzene rings is 2. The number of fused-ring (bicyclic) bond motifs is 1. The Hall–Kier alpha value is -3.45. The van der Waals surface area contributed by atoms with E-state index < -0.39 is 22.4 Å². The molecule has 0 aliphatic heterocycles. The van der Waals surface area contributed by atoms with Crippen molar-refractivity contribution in [2.24, 2.45) is 0 Å². The standard InChI is InChI=1S/C18H10F3N3O3S/c1-9-6-10(2-4-14(9)24(26)27)16(25)12(8-22)17-23-13-7-11(18(19,20)21)3-5-15(13)28-17/h2-7,25H,1H3/b16-12-. The highest BCUT2D eigenvalue weighted by Crippen LogP contribution is 2.35. The smallest absolute Gasteiger partial charge is 0.416 e. The van der Waals surface area contributed by atoms with Gasteiger partial charge in [-0.2, -0.15) is 18.4 Å². The first-order valence-electron chi connectivity index (χ1n) is 7.68. The summed E-state index contributed by atoms with van der Waals surface area (Å²) in [7, 11) is 0. The van der Waals surface area contributed by atoms with Crippen LogP contribution in [0.25, 0.3) is 21.5 Å². The second-order valence-electron chi connectivity index (χ2n) is 5.79. The first kappa shape index (κ1) is 19.3. The van der Waals surface area contributed by atoms with Gasteiger partial charge >= 0.3 is 6.18 Å². The lowest BCUT2D eigenvalue weighted by Crippen LogP contribution is -2.03. The normalized spacial score (nSPS) is 12.5. The van der Waals surface area contributed by atoms with E-state index in [4.69, 9.17) is 0 Å². The lowest BCUT2D eigenvalue weighted by atomic mass is 10.1. The summed E-state index contributed by atoms with van der Waals surface area (Å²) in [6.45, 7) is 1.48. The van der Waals surface area contributed by atoms with Crippen molar-refractivity contribution in [3.8, 4) is 6.07 Å². The van der Waals surface area contributed by atoms with Crippen LogP contribution in [0.2, 0.25) is 0 Å². The van der Waals surface area contributed by atoms with Crippen LogP contribution in [0, 0.1) is 28.4 Å². The van der Waals surface area contributed by atoms with Crippen LogP contribution in [-0.2, 0) is 6.18 Å². The minimum atomic E-state index is -4.52. The first-order valence-corrected chi connectivity index (χ1v) is 8.50. The molecule has 0 aliphatic carbocycles. The molecule has 142 valence electrons. The number of nitrogens with zero attached hydrogens (tertiary/aromatic N) is 3. The van der Waals surface area contributed by atoms with Crippen LogP contribution in [0.3, 0.4) is 0 Å². The maximum absolute atomic E-state index is 12.9. The molecule has 10 heteroatoms. The van der Waals surface area contributed by atoms with Crippen molar-refractivity contribution in [3.05, 3.63) is 68.2 Å². The Labute approximate surface area is 160 Å². The summed E-state index contributed by atoms with van der Waals surface area (Å²) in [5, 5.41) is 30.9. The van der Waals surface area contributed by atoms with Crippen molar-refractivity contribution in [3.63, 3.8) is 0 Å². The van der Waals surface area contributed by atoms with Gasteiger partial charge in [0.25, 0.3) is 5.69 Å². The molecule has 3 rings (SSSR count). The van der Waals surface area contributed by atoms with Crippen LogP contribution in [0.1, 0.15) is 21.7 Å². The molecule has 1 aromatic heterocycles. The molecule has 0 saturated carbocycles. The van der Waals surface area contributed by atoms with Crippen LogP contribution in [0.5, 0.6) is 0 Å². The van der Waals surface area contributed by atoms with Gasteiger partial charge in [-0.15, -0.1) is 11.3 Å². The SMILES string of the molecule is Cc1cc(/C(O)=C(\C#N)c2nc3cc(C(F)(F)F)ccc3s2)ccc1[N+](=O)[O-]. The molecule has 6 nitrogen and oxygen atoms in total. The summed E-state index contributed by atoms with van der Waals surface area (Å²) in [4.78, 5) is 14.4. The molecule has 1 N–H and O–H groups in total. The largest absolute Gasteiger partial charge is 0.506 e.